The van der Waals surface area contributed by atoms with Crippen LogP contribution in [0.3, 0.4) is 0 Å². The molecule has 1 aromatic carbocycles. The lowest BCUT2D eigenvalue weighted by Crippen LogP contribution is -2.35. The number of hydrogen-bond acceptors (Lipinski definition) is 3. The number of nitrogens with two attached hydrogens (primary N) is 1. The zero-order valence-electron chi connectivity index (χ0n) is 15.3. The smallest absolute Gasteiger partial charge is 0.326 e. The first kappa shape index (κ1) is 21.5. The molecule has 0 aliphatic carbocycles. The Kier molecular flexibility index (Phi) is 10.2. The molecular weight excluding hydrogens is 336 g/mol. The fourth-order valence-corrected chi connectivity index (χ4v) is 4.11. The second-order valence-electron chi connectivity index (χ2n) is 6.51. The van der Waals surface area contributed by atoms with E-state index in [-0.39, 0.29) is 4.90 Å². The van der Waals surface area contributed by atoms with Gasteiger partial charge in [0.15, 0.2) is 0 Å². The molecule has 0 aliphatic rings. The fourth-order valence-electron chi connectivity index (χ4n) is 2.96. The zero-order chi connectivity index (χ0) is 18.5. The first-order chi connectivity index (χ1) is 12.0. The van der Waals surface area contributed by atoms with E-state index in [2.05, 4.69) is 6.92 Å². The molecule has 0 atom stereocenters. The Hall–Kier alpha value is -1.56. The molecule has 5 nitrogen and oxygen atoms in total. The number of amides is 2. The maximum Gasteiger partial charge on any atom is 0.326 e. The van der Waals surface area contributed by atoms with Gasteiger partial charge in [0.1, 0.15) is 0 Å². The number of rotatable bonds is 13. The second kappa shape index (κ2) is 11.9. The molecule has 142 valence electrons. The highest BCUT2D eigenvalue weighted by molar-refractivity contribution is 7.90. The van der Waals surface area contributed by atoms with Gasteiger partial charge < -0.3 is 5.73 Å². The van der Waals surface area contributed by atoms with Crippen molar-refractivity contribution in [3.8, 4) is 0 Å². The predicted octanol–water partition coefficient (Wildman–Crippen LogP) is 4.51. The summed E-state index contributed by atoms with van der Waals surface area (Å²) in [6.45, 7) is 2.23. The Balaban J connectivity index is 2.33. The van der Waals surface area contributed by atoms with Crippen LogP contribution in [-0.2, 0) is 16.4 Å². The highest BCUT2D eigenvalue weighted by Gasteiger charge is 2.19. The molecule has 0 fully saturated rings. The quantitative estimate of drug-likeness (QED) is 0.502. The van der Waals surface area contributed by atoms with Crippen LogP contribution in [0.5, 0.6) is 0 Å². The molecule has 0 aliphatic heterocycles. The van der Waals surface area contributed by atoms with Crippen LogP contribution in [0, 0.1) is 0 Å². The van der Waals surface area contributed by atoms with Gasteiger partial charge in [-0.05, 0) is 24.5 Å². The Bertz CT molecular complexity index is 615. The summed E-state index contributed by atoms with van der Waals surface area (Å²) < 4.78 is 26.1. The Morgan fingerprint density at radius 2 is 1.44 bits per heavy atom. The van der Waals surface area contributed by atoms with Crippen molar-refractivity contribution in [1.82, 2.24) is 4.72 Å². The summed E-state index contributed by atoms with van der Waals surface area (Å²) >= 11 is 0. The first-order valence-electron chi connectivity index (χ1n) is 9.37. The van der Waals surface area contributed by atoms with Crippen LogP contribution in [0.25, 0.3) is 0 Å². The van der Waals surface area contributed by atoms with Gasteiger partial charge >= 0.3 is 6.03 Å². The second-order valence-corrected chi connectivity index (χ2v) is 8.16. The number of benzene rings is 1. The number of carbonyl (C=O) groups is 1. The van der Waals surface area contributed by atoms with Gasteiger partial charge in [-0.3, -0.25) is 0 Å². The Labute approximate surface area is 152 Å². The summed E-state index contributed by atoms with van der Waals surface area (Å²) in [5, 5.41) is 0. The van der Waals surface area contributed by atoms with E-state index in [9.17, 15) is 13.2 Å². The number of aryl methyl sites for hydroxylation is 1. The molecule has 25 heavy (non-hydrogen) atoms. The third-order valence-corrected chi connectivity index (χ3v) is 5.74. The van der Waals surface area contributed by atoms with E-state index in [0.717, 1.165) is 18.4 Å². The third kappa shape index (κ3) is 8.91. The maximum atomic E-state index is 12.1. The van der Waals surface area contributed by atoms with Gasteiger partial charge in [0, 0.05) is 0 Å². The normalized spacial score (nSPS) is 11.4. The maximum absolute atomic E-state index is 12.1. The van der Waals surface area contributed by atoms with Gasteiger partial charge in [-0.15, -0.1) is 0 Å². The number of carbonyl (C=O) groups excluding carboxylic acids is 1. The van der Waals surface area contributed by atoms with Crippen LogP contribution in [0.2, 0.25) is 0 Å². The Morgan fingerprint density at radius 3 is 2.00 bits per heavy atom. The number of nitrogens with one attached hydrogen (secondary N) is 1. The van der Waals surface area contributed by atoms with E-state index in [1.165, 1.54) is 57.4 Å². The molecule has 3 N–H and O–H groups in total. The van der Waals surface area contributed by atoms with Crippen LogP contribution < -0.4 is 10.5 Å². The lowest BCUT2D eigenvalue weighted by Gasteiger charge is -2.10. The summed E-state index contributed by atoms with van der Waals surface area (Å²) in [5.74, 6) is 0. The van der Waals surface area contributed by atoms with E-state index >= 15 is 0 Å². The van der Waals surface area contributed by atoms with Crippen LogP contribution in [0.4, 0.5) is 4.79 Å². The van der Waals surface area contributed by atoms with Gasteiger partial charge in [-0.2, -0.15) is 0 Å². The molecule has 6 heteroatoms. The number of urea groups is 1. The molecule has 0 aromatic heterocycles. The summed E-state index contributed by atoms with van der Waals surface area (Å²) in [6, 6.07) is 5.71. The van der Waals surface area contributed by atoms with E-state index < -0.39 is 16.1 Å². The minimum atomic E-state index is -3.88. The molecule has 0 bridgehead atoms. The molecule has 0 saturated carbocycles. The van der Waals surface area contributed by atoms with Gasteiger partial charge in [-0.1, -0.05) is 82.9 Å². The largest absolute Gasteiger partial charge is 0.351 e. The molecule has 0 radical (unpaired) electrons. The molecular formula is C19H32N2O3S. The van der Waals surface area contributed by atoms with Crippen molar-refractivity contribution in [2.75, 3.05) is 0 Å². The third-order valence-electron chi connectivity index (χ3n) is 4.30. The highest BCUT2D eigenvalue weighted by atomic mass is 32.2. The van der Waals surface area contributed by atoms with Crippen molar-refractivity contribution in [2.45, 2.75) is 82.4 Å². The number of sulfonamides is 1. The van der Waals surface area contributed by atoms with Crippen LogP contribution in [-0.4, -0.2) is 14.4 Å². The van der Waals surface area contributed by atoms with Gasteiger partial charge in [0.25, 0.3) is 10.0 Å². The average Bonchev–Trinajstić information content (AvgIpc) is 2.56. The summed E-state index contributed by atoms with van der Waals surface area (Å²) in [5.41, 5.74) is 5.68. The van der Waals surface area contributed by atoms with Crippen molar-refractivity contribution in [3.05, 3.63) is 29.8 Å². The van der Waals surface area contributed by atoms with E-state index in [4.69, 9.17) is 5.73 Å². The van der Waals surface area contributed by atoms with E-state index in [0.29, 0.717) is 6.42 Å². The van der Waals surface area contributed by atoms with Gasteiger partial charge in [0.2, 0.25) is 0 Å². The van der Waals surface area contributed by atoms with Crippen molar-refractivity contribution >= 4 is 16.1 Å². The average molecular weight is 369 g/mol. The molecule has 0 heterocycles. The van der Waals surface area contributed by atoms with Gasteiger partial charge in [0.05, 0.1) is 4.90 Å². The first-order valence-corrected chi connectivity index (χ1v) is 10.9. The highest BCUT2D eigenvalue weighted by Crippen LogP contribution is 2.18. The van der Waals surface area contributed by atoms with E-state index in [1.54, 1.807) is 12.1 Å². The van der Waals surface area contributed by atoms with Crippen LogP contribution in [0.15, 0.2) is 29.2 Å². The number of unbranched alkanes of at least 4 members (excludes halogenated alkanes) is 9. The van der Waals surface area contributed by atoms with Crippen molar-refractivity contribution in [1.29, 1.82) is 0 Å². The van der Waals surface area contributed by atoms with Gasteiger partial charge in [-0.25, -0.2) is 17.9 Å². The van der Waals surface area contributed by atoms with Crippen molar-refractivity contribution in [3.63, 3.8) is 0 Å². The Morgan fingerprint density at radius 1 is 0.920 bits per heavy atom. The van der Waals surface area contributed by atoms with Crippen molar-refractivity contribution in [2.24, 2.45) is 5.73 Å². The summed E-state index contributed by atoms with van der Waals surface area (Å²) in [7, 11) is -3.88. The molecule has 0 saturated heterocycles. The molecule has 1 rings (SSSR count). The zero-order valence-corrected chi connectivity index (χ0v) is 16.1. The van der Waals surface area contributed by atoms with Crippen LogP contribution in [0.1, 0.15) is 76.7 Å². The number of hydrogen-bond donors (Lipinski definition) is 2. The molecule has 0 unspecified atom stereocenters. The molecule has 1 aromatic rings. The topological polar surface area (TPSA) is 89.3 Å². The minimum absolute atomic E-state index is 0.143. The predicted molar refractivity (Wildman–Crippen MR) is 102 cm³/mol. The summed E-state index contributed by atoms with van der Waals surface area (Å²) in [6.07, 6.45) is 13.1. The molecule has 0 spiro atoms. The monoisotopic (exact) mass is 368 g/mol. The number of primary amides is 1. The molecule has 2 amide bonds. The standard InChI is InChI=1S/C19H32N2O3S/c1-2-3-4-5-6-7-8-9-10-11-14-17-15-12-13-16-18(17)25(23,24)21-19(20)22/h12-13,15-16H,2-11,14H2,1H3,(H3,20,21,22). The van der Waals surface area contributed by atoms with E-state index in [1.807, 2.05) is 10.8 Å². The fraction of sp³-hybridized carbons (Fsp3) is 0.632. The summed E-state index contributed by atoms with van der Waals surface area (Å²) in [4.78, 5) is 11.0. The minimum Gasteiger partial charge on any atom is -0.351 e. The van der Waals surface area contributed by atoms with Crippen LogP contribution >= 0.6 is 0 Å². The lowest BCUT2D eigenvalue weighted by molar-refractivity contribution is 0.253. The SMILES string of the molecule is CCCCCCCCCCCCc1ccccc1S(=O)(=O)NC(N)=O. The lowest BCUT2D eigenvalue weighted by atomic mass is 10.0. The van der Waals surface area contributed by atoms with Crippen molar-refractivity contribution < 1.29 is 13.2 Å².